The van der Waals surface area contributed by atoms with E-state index in [1.54, 1.807) is 12.1 Å². The quantitative estimate of drug-likeness (QED) is 0.591. The van der Waals surface area contributed by atoms with Crippen molar-refractivity contribution in [1.29, 1.82) is 0 Å². The van der Waals surface area contributed by atoms with Crippen LogP contribution in [0.1, 0.15) is 28.9 Å². The molecule has 2 N–H and O–H groups in total. The third-order valence-electron chi connectivity index (χ3n) is 5.01. The fourth-order valence-electron chi connectivity index (χ4n) is 3.40. The van der Waals surface area contributed by atoms with Crippen LogP contribution in [0.15, 0.2) is 54.6 Å². The Kier molecular flexibility index (Phi) is 6.62. The van der Waals surface area contributed by atoms with Gasteiger partial charge in [-0.1, -0.05) is 41.9 Å². The number of amides is 1. The van der Waals surface area contributed by atoms with Crippen molar-refractivity contribution in [2.45, 2.75) is 23.8 Å². The minimum atomic E-state index is -0.956. The van der Waals surface area contributed by atoms with Crippen LogP contribution in [-0.4, -0.2) is 38.8 Å². The van der Waals surface area contributed by atoms with Crippen molar-refractivity contribution >= 4 is 34.0 Å². The molecule has 1 amide bonds. The summed E-state index contributed by atoms with van der Waals surface area (Å²) < 4.78 is 18.0. The smallest absolute Gasteiger partial charge is 0.273 e. The molecule has 0 radical (unpaired) electrons. The minimum absolute atomic E-state index is 0.172. The highest BCUT2D eigenvalue weighted by Gasteiger charge is 2.20. The lowest BCUT2D eigenvalue weighted by molar-refractivity contribution is 0.0991. The molecule has 2 aromatic carbocycles. The van der Waals surface area contributed by atoms with E-state index in [9.17, 15) is 9.00 Å². The molecule has 2 heterocycles. The first kappa shape index (κ1) is 20.8. The number of hydrogen-bond donors (Lipinski definition) is 2. The molecule has 1 aliphatic rings. The predicted octanol–water partition coefficient (Wildman–Crippen LogP) is 4.41. The first-order valence-corrected chi connectivity index (χ1v) is 11.5. The zero-order chi connectivity index (χ0) is 20.9. The molecule has 0 aliphatic carbocycles. The Morgan fingerprint density at radius 3 is 2.77 bits per heavy atom. The summed E-state index contributed by atoms with van der Waals surface area (Å²) in [5.74, 6) is 0.165. The van der Waals surface area contributed by atoms with Crippen LogP contribution in [0.5, 0.6) is 0 Å². The first-order valence-electron chi connectivity index (χ1n) is 9.75. The van der Waals surface area contributed by atoms with E-state index in [4.69, 9.17) is 16.3 Å². The molecule has 1 unspecified atom stereocenters. The molecule has 30 heavy (non-hydrogen) atoms. The van der Waals surface area contributed by atoms with E-state index in [-0.39, 0.29) is 11.2 Å². The van der Waals surface area contributed by atoms with Crippen LogP contribution < -0.4 is 5.32 Å². The second-order valence-corrected chi connectivity index (χ2v) is 9.26. The van der Waals surface area contributed by atoms with Crippen molar-refractivity contribution in [2.24, 2.45) is 0 Å². The number of anilines is 1. The Labute approximate surface area is 182 Å². The number of H-pyrrole nitrogens is 1. The van der Waals surface area contributed by atoms with Gasteiger partial charge in [-0.2, -0.15) is 5.10 Å². The summed E-state index contributed by atoms with van der Waals surface area (Å²) in [7, 11) is -0.956. The molecule has 6 nitrogen and oxygen atoms in total. The summed E-state index contributed by atoms with van der Waals surface area (Å²) in [6, 6.07) is 16.5. The van der Waals surface area contributed by atoms with Crippen molar-refractivity contribution in [3.8, 4) is 11.3 Å². The molecule has 1 fully saturated rings. The average molecular weight is 444 g/mol. The van der Waals surface area contributed by atoms with E-state index in [0.29, 0.717) is 41.1 Å². The zero-order valence-electron chi connectivity index (χ0n) is 16.3. The van der Waals surface area contributed by atoms with Gasteiger partial charge in [-0.15, -0.1) is 0 Å². The monoisotopic (exact) mass is 443 g/mol. The number of aromatic amines is 1. The van der Waals surface area contributed by atoms with E-state index < -0.39 is 10.8 Å². The molecule has 4 rings (SSSR count). The Balaban J connectivity index is 1.42. The van der Waals surface area contributed by atoms with Crippen molar-refractivity contribution < 1.29 is 13.7 Å². The summed E-state index contributed by atoms with van der Waals surface area (Å²) in [6.45, 7) is 1.35. The van der Waals surface area contributed by atoms with Gasteiger partial charge in [-0.05, 0) is 42.7 Å². The van der Waals surface area contributed by atoms with Gasteiger partial charge in [0, 0.05) is 46.3 Å². The maximum Gasteiger partial charge on any atom is 0.273 e. The van der Waals surface area contributed by atoms with E-state index in [1.807, 2.05) is 42.5 Å². The molecular weight excluding hydrogens is 422 g/mol. The summed E-state index contributed by atoms with van der Waals surface area (Å²) in [5.41, 5.74) is 3.27. The number of benzene rings is 2. The van der Waals surface area contributed by atoms with Gasteiger partial charge in [-0.25, -0.2) is 0 Å². The van der Waals surface area contributed by atoms with E-state index in [1.165, 1.54) is 0 Å². The molecular formula is C22H22ClN3O3S. The van der Waals surface area contributed by atoms with Crippen molar-refractivity contribution in [1.82, 2.24) is 10.2 Å². The number of nitrogens with zero attached hydrogens (tertiary/aromatic N) is 1. The Bertz CT molecular complexity index is 1060. The maximum atomic E-state index is 12.6. The zero-order valence-corrected chi connectivity index (χ0v) is 17.8. The molecule has 0 spiro atoms. The minimum Gasteiger partial charge on any atom is -0.381 e. The van der Waals surface area contributed by atoms with E-state index >= 15 is 0 Å². The maximum absolute atomic E-state index is 12.6. The molecule has 156 valence electrons. The molecule has 3 aromatic rings. The third-order valence-corrected chi connectivity index (χ3v) is 7.17. The van der Waals surface area contributed by atoms with Crippen LogP contribution in [0.4, 0.5) is 5.69 Å². The number of carbonyl (C=O) groups is 1. The lowest BCUT2D eigenvalue weighted by atomic mass is 10.1. The van der Waals surface area contributed by atoms with E-state index in [2.05, 4.69) is 15.5 Å². The van der Waals surface area contributed by atoms with Gasteiger partial charge < -0.3 is 10.1 Å². The Morgan fingerprint density at radius 1 is 1.17 bits per heavy atom. The van der Waals surface area contributed by atoms with Crippen LogP contribution in [0.3, 0.4) is 0 Å². The number of hydrogen-bond acceptors (Lipinski definition) is 4. The van der Waals surface area contributed by atoms with Gasteiger partial charge in [0.1, 0.15) is 5.69 Å². The number of halogens is 1. The van der Waals surface area contributed by atoms with Crippen molar-refractivity contribution in [3.63, 3.8) is 0 Å². The number of ether oxygens (including phenoxy) is 1. The number of rotatable bonds is 6. The average Bonchev–Trinajstić information content (AvgIpc) is 3.25. The fraction of sp³-hybridized carbons (Fsp3) is 0.273. The van der Waals surface area contributed by atoms with Gasteiger partial charge in [-0.3, -0.25) is 14.1 Å². The van der Waals surface area contributed by atoms with Gasteiger partial charge in [0.25, 0.3) is 5.91 Å². The summed E-state index contributed by atoms with van der Waals surface area (Å²) >= 11 is 6.21. The van der Waals surface area contributed by atoms with Crippen molar-refractivity contribution in [2.75, 3.05) is 18.5 Å². The largest absolute Gasteiger partial charge is 0.381 e. The number of nitrogens with one attached hydrogen (secondary N) is 2. The molecule has 1 atom stereocenters. The van der Waals surface area contributed by atoms with Gasteiger partial charge in [0.05, 0.1) is 10.7 Å². The standard InChI is InChI=1S/C22H22ClN3O3S/c23-19-7-2-1-6-18(19)20-13-21(26-25-20)22(27)24-16-5-3-4-15(12-16)14-30(28)17-8-10-29-11-9-17/h1-7,12-13,17H,8-11,14H2,(H,24,27)(H,25,26). The summed E-state index contributed by atoms with van der Waals surface area (Å²) in [5, 5.41) is 10.6. The third kappa shape index (κ3) is 4.98. The molecule has 8 heteroatoms. The number of carbonyl (C=O) groups excluding carboxylic acids is 1. The fourth-order valence-corrected chi connectivity index (χ4v) is 5.10. The molecule has 1 saturated heterocycles. The topological polar surface area (TPSA) is 84.1 Å². The first-order chi connectivity index (χ1) is 14.6. The highest BCUT2D eigenvalue weighted by molar-refractivity contribution is 7.84. The highest BCUT2D eigenvalue weighted by Crippen LogP contribution is 2.26. The second kappa shape index (κ2) is 9.55. The lowest BCUT2D eigenvalue weighted by Crippen LogP contribution is -2.25. The van der Waals surface area contributed by atoms with E-state index in [0.717, 1.165) is 24.0 Å². The summed E-state index contributed by atoms with van der Waals surface area (Å²) in [4.78, 5) is 12.6. The molecule has 1 aliphatic heterocycles. The summed E-state index contributed by atoms with van der Waals surface area (Å²) in [6.07, 6.45) is 1.66. The predicted molar refractivity (Wildman–Crippen MR) is 119 cm³/mol. The molecule has 1 aromatic heterocycles. The number of aromatic nitrogens is 2. The van der Waals surface area contributed by atoms with Gasteiger partial charge >= 0.3 is 0 Å². The van der Waals surface area contributed by atoms with Crippen LogP contribution in [0, 0.1) is 0 Å². The molecule has 0 bridgehead atoms. The van der Waals surface area contributed by atoms with Crippen LogP contribution >= 0.6 is 11.6 Å². The highest BCUT2D eigenvalue weighted by atomic mass is 35.5. The second-order valence-electron chi connectivity index (χ2n) is 7.14. The molecule has 0 saturated carbocycles. The Morgan fingerprint density at radius 2 is 1.97 bits per heavy atom. The normalized spacial score (nSPS) is 15.6. The SMILES string of the molecule is O=C(Nc1cccc(CS(=O)C2CCOCC2)c1)c1cc(-c2ccccc2Cl)n[nH]1. The van der Waals surface area contributed by atoms with Gasteiger partial charge in [0.15, 0.2) is 0 Å². The van der Waals surface area contributed by atoms with Crippen LogP contribution in [-0.2, 0) is 21.3 Å². The Hall–Kier alpha value is -2.48. The lowest BCUT2D eigenvalue weighted by Gasteiger charge is -2.21. The van der Waals surface area contributed by atoms with Gasteiger partial charge in [0.2, 0.25) is 0 Å². The van der Waals surface area contributed by atoms with Crippen molar-refractivity contribution in [3.05, 3.63) is 70.9 Å². The van der Waals surface area contributed by atoms with Crippen LogP contribution in [0.2, 0.25) is 5.02 Å². The van der Waals surface area contributed by atoms with Crippen LogP contribution in [0.25, 0.3) is 11.3 Å².